The van der Waals surface area contributed by atoms with Gasteiger partial charge in [-0.3, -0.25) is 4.79 Å². The molecule has 1 saturated carbocycles. The number of amides is 1. The Kier molecular flexibility index (Phi) is 5.05. The standard InChI is InChI=1S/C16H32N2O/c1-15(2,3)11-9-7-8-10-12(11)18-14(19)13(17)16(4,5)6/h11-13H,7-10,17H2,1-6H3,(H,18,19)/t11?,12?,13-/m1/s1. The van der Waals surface area contributed by atoms with Gasteiger partial charge < -0.3 is 11.1 Å². The molecule has 0 aromatic rings. The first-order chi connectivity index (χ1) is 8.53. The van der Waals surface area contributed by atoms with Crippen molar-refractivity contribution >= 4 is 5.91 Å². The largest absolute Gasteiger partial charge is 0.352 e. The molecule has 3 nitrogen and oxygen atoms in total. The molecule has 19 heavy (non-hydrogen) atoms. The lowest BCUT2D eigenvalue weighted by molar-refractivity contribution is -0.126. The maximum absolute atomic E-state index is 12.3. The number of nitrogens with two attached hydrogens (primary N) is 1. The molecule has 112 valence electrons. The maximum Gasteiger partial charge on any atom is 0.237 e. The van der Waals surface area contributed by atoms with Gasteiger partial charge in [0, 0.05) is 6.04 Å². The summed E-state index contributed by atoms with van der Waals surface area (Å²) >= 11 is 0. The highest BCUT2D eigenvalue weighted by atomic mass is 16.2. The minimum Gasteiger partial charge on any atom is -0.352 e. The lowest BCUT2D eigenvalue weighted by Crippen LogP contribution is -2.54. The van der Waals surface area contributed by atoms with Crippen LogP contribution in [0.1, 0.15) is 67.2 Å². The number of nitrogens with one attached hydrogen (secondary N) is 1. The van der Waals surface area contributed by atoms with Gasteiger partial charge in [0.2, 0.25) is 5.91 Å². The van der Waals surface area contributed by atoms with Crippen LogP contribution in [0.15, 0.2) is 0 Å². The molecular formula is C16H32N2O. The Labute approximate surface area is 118 Å². The molecule has 0 heterocycles. The van der Waals surface area contributed by atoms with Gasteiger partial charge in [-0.15, -0.1) is 0 Å². The third kappa shape index (κ3) is 4.48. The van der Waals surface area contributed by atoms with Crippen LogP contribution >= 0.6 is 0 Å². The van der Waals surface area contributed by atoms with Crippen LogP contribution < -0.4 is 11.1 Å². The summed E-state index contributed by atoms with van der Waals surface area (Å²) in [6.45, 7) is 12.8. The average Bonchev–Trinajstić information content (AvgIpc) is 2.26. The first-order valence-electron chi connectivity index (χ1n) is 7.59. The average molecular weight is 268 g/mol. The molecule has 0 bridgehead atoms. The Morgan fingerprint density at radius 1 is 1.11 bits per heavy atom. The van der Waals surface area contributed by atoms with Gasteiger partial charge in [-0.1, -0.05) is 54.4 Å². The first-order valence-corrected chi connectivity index (χ1v) is 7.59. The summed E-state index contributed by atoms with van der Waals surface area (Å²) in [4.78, 5) is 12.3. The van der Waals surface area contributed by atoms with E-state index in [2.05, 4.69) is 26.1 Å². The summed E-state index contributed by atoms with van der Waals surface area (Å²) in [5.74, 6) is 0.561. The molecule has 1 aliphatic carbocycles. The number of carbonyl (C=O) groups is 1. The van der Waals surface area contributed by atoms with E-state index in [9.17, 15) is 4.79 Å². The number of rotatable bonds is 2. The molecule has 1 aliphatic rings. The molecule has 3 N–H and O–H groups in total. The number of hydrogen-bond acceptors (Lipinski definition) is 2. The van der Waals surface area contributed by atoms with Crippen molar-refractivity contribution in [3.05, 3.63) is 0 Å². The molecule has 0 aromatic carbocycles. The molecule has 0 radical (unpaired) electrons. The van der Waals surface area contributed by atoms with Crippen molar-refractivity contribution in [1.29, 1.82) is 0 Å². The fourth-order valence-electron chi connectivity index (χ4n) is 3.01. The van der Waals surface area contributed by atoms with E-state index in [1.54, 1.807) is 0 Å². The fourth-order valence-corrected chi connectivity index (χ4v) is 3.01. The Balaban J connectivity index is 2.71. The summed E-state index contributed by atoms with van der Waals surface area (Å²) in [7, 11) is 0. The predicted molar refractivity (Wildman–Crippen MR) is 80.8 cm³/mol. The molecule has 1 amide bonds. The van der Waals surface area contributed by atoms with Crippen molar-refractivity contribution in [3.8, 4) is 0 Å². The molecule has 3 heteroatoms. The van der Waals surface area contributed by atoms with Crippen molar-refractivity contribution in [3.63, 3.8) is 0 Å². The molecule has 3 atom stereocenters. The van der Waals surface area contributed by atoms with Crippen LogP contribution in [0.25, 0.3) is 0 Å². The predicted octanol–water partition coefficient (Wildman–Crippen LogP) is 3.08. The molecule has 0 spiro atoms. The van der Waals surface area contributed by atoms with Gasteiger partial charge in [-0.2, -0.15) is 0 Å². The molecule has 0 aliphatic heterocycles. The third-order valence-electron chi connectivity index (χ3n) is 4.42. The van der Waals surface area contributed by atoms with E-state index in [0.717, 1.165) is 6.42 Å². The van der Waals surface area contributed by atoms with Crippen LogP contribution in [0.3, 0.4) is 0 Å². The van der Waals surface area contributed by atoms with Crippen molar-refractivity contribution in [1.82, 2.24) is 5.32 Å². The highest BCUT2D eigenvalue weighted by Gasteiger charge is 2.37. The minimum absolute atomic E-state index is 0.00801. The van der Waals surface area contributed by atoms with Crippen molar-refractivity contribution in [2.24, 2.45) is 22.5 Å². The zero-order valence-electron chi connectivity index (χ0n) is 13.5. The van der Waals surface area contributed by atoms with Crippen molar-refractivity contribution in [2.75, 3.05) is 0 Å². The summed E-state index contributed by atoms with van der Waals surface area (Å²) in [5.41, 5.74) is 6.11. The second-order valence-corrected chi connectivity index (χ2v) is 8.22. The van der Waals surface area contributed by atoms with Crippen LogP contribution in [-0.4, -0.2) is 18.0 Å². The van der Waals surface area contributed by atoms with Gasteiger partial charge in [-0.05, 0) is 29.6 Å². The summed E-state index contributed by atoms with van der Waals surface area (Å²) < 4.78 is 0. The van der Waals surface area contributed by atoms with Crippen LogP contribution in [0.4, 0.5) is 0 Å². The Morgan fingerprint density at radius 2 is 1.63 bits per heavy atom. The van der Waals surface area contributed by atoms with Gasteiger partial charge in [0.1, 0.15) is 0 Å². The maximum atomic E-state index is 12.3. The summed E-state index contributed by atoms with van der Waals surface area (Å²) in [6, 6.07) is -0.148. The molecular weight excluding hydrogens is 236 g/mol. The van der Waals surface area contributed by atoms with Crippen molar-refractivity contribution < 1.29 is 4.79 Å². The number of carbonyl (C=O) groups excluding carboxylic acids is 1. The van der Waals surface area contributed by atoms with E-state index in [1.807, 2.05) is 20.8 Å². The Bertz CT molecular complexity index is 312. The topological polar surface area (TPSA) is 55.1 Å². The molecule has 1 fully saturated rings. The summed E-state index contributed by atoms with van der Waals surface area (Å²) in [6.07, 6.45) is 4.78. The van der Waals surface area contributed by atoms with E-state index in [-0.39, 0.29) is 22.8 Å². The van der Waals surface area contributed by atoms with Crippen LogP contribution in [0.2, 0.25) is 0 Å². The molecule has 1 rings (SSSR count). The van der Waals surface area contributed by atoms with Gasteiger partial charge in [0.05, 0.1) is 6.04 Å². The molecule has 2 unspecified atom stereocenters. The monoisotopic (exact) mass is 268 g/mol. The number of hydrogen-bond donors (Lipinski definition) is 2. The first kappa shape index (κ1) is 16.5. The minimum atomic E-state index is -0.435. The van der Waals surface area contributed by atoms with Gasteiger partial charge >= 0.3 is 0 Å². The lowest BCUT2D eigenvalue weighted by atomic mass is 9.69. The summed E-state index contributed by atoms with van der Waals surface area (Å²) in [5, 5.41) is 3.22. The van der Waals surface area contributed by atoms with Crippen molar-refractivity contribution in [2.45, 2.75) is 79.3 Å². The second-order valence-electron chi connectivity index (χ2n) is 8.22. The SMILES string of the molecule is CC(C)(C)C1CCCCC1NC(=O)[C@@H](N)C(C)(C)C. The quantitative estimate of drug-likeness (QED) is 0.808. The smallest absolute Gasteiger partial charge is 0.237 e. The van der Waals surface area contributed by atoms with Crippen LogP contribution in [-0.2, 0) is 4.79 Å². The van der Waals surface area contributed by atoms with Crippen LogP contribution in [0, 0.1) is 16.7 Å². The molecule has 0 aromatic heterocycles. The molecule has 0 saturated heterocycles. The van der Waals surface area contributed by atoms with E-state index < -0.39 is 6.04 Å². The third-order valence-corrected chi connectivity index (χ3v) is 4.42. The second kappa shape index (κ2) is 5.82. The van der Waals surface area contributed by atoms with Gasteiger partial charge in [0.25, 0.3) is 0 Å². The lowest BCUT2D eigenvalue weighted by Gasteiger charge is -2.41. The van der Waals surface area contributed by atoms with Crippen LogP contribution in [0.5, 0.6) is 0 Å². The van der Waals surface area contributed by atoms with E-state index in [0.29, 0.717) is 5.92 Å². The van der Waals surface area contributed by atoms with E-state index in [1.165, 1.54) is 19.3 Å². The Hall–Kier alpha value is -0.570. The zero-order chi connectivity index (χ0) is 14.8. The van der Waals surface area contributed by atoms with Gasteiger partial charge in [0.15, 0.2) is 0 Å². The normalized spacial score (nSPS) is 26.9. The zero-order valence-corrected chi connectivity index (χ0v) is 13.5. The highest BCUT2D eigenvalue weighted by molar-refractivity contribution is 5.82. The van der Waals surface area contributed by atoms with E-state index >= 15 is 0 Å². The van der Waals surface area contributed by atoms with E-state index in [4.69, 9.17) is 5.73 Å². The Morgan fingerprint density at radius 3 is 2.11 bits per heavy atom. The fraction of sp³-hybridized carbons (Fsp3) is 0.938. The highest BCUT2D eigenvalue weighted by Crippen LogP contribution is 2.38. The van der Waals surface area contributed by atoms with Gasteiger partial charge in [-0.25, -0.2) is 0 Å².